The van der Waals surface area contributed by atoms with Gasteiger partial charge in [0.15, 0.2) is 17.3 Å². The highest BCUT2D eigenvalue weighted by Gasteiger charge is 2.23. The third-order valence-electron chi connectivity index (χ3n) is 9.14. The van der Waals surface area contributed by atoms with Crippen LogP contribution < -0.4 is 25.3 Å². The molecule has 1 aliphatic rings. The minimum atomic E-state index is -1.05. The second kappa shape index (κ2) is 17.6. The SMILES string of the molecule is COc1cc2sc(C(=O)CCC(=O)O)c(C/C=C/Cn3c(NC(=O)c4cc(C)n[nH]4)nc4cc(C(N)=O)cc(OCCCN5CCOCC5)c43)c2cc1OC. The molecule has 0 saturated carbocycles. The number of H-pyrrole nitrogens is 1. The number of anilines is 1. The lowest BCUT2D eigenvalue weighted by Gasteiger charge is -2.26. The number of aromatic nitrogens is 4. The second-order valence-corrected chi connectivity index (χ2v) is 13.9. The summed E-state index contributed by atoms with van der Waals surface area (Å²) in [5, 5.41) is 19.7. The molecule has 6 rings (SSSR count). The van der Waals surface area contributed by atoms with Gasteiger partial charge in [-0.1, -0.05) is 12.2 Å². The number of thiophene rings is 1. The molecule has 4 heterocycles. The summed E-state index contributed by atoms with van der Waals surface area (Å²) in [5.41, 5.74) is 8.44. The van der Waals surface area contributed by atoms with Crippen molar-refractivity contribution in [1.29, 1.82) is 0 Å². The monoisotopic (exact) mass is 773 g/mol. The Labute approximate surface area is 320 Å². The molecule has 0 unspecified atom stereocenters. The molecule has 3 aromatic heterocycles. The molecule has 2 amide bonds. The molecule has 290 valence electrons. The van der Waals surface area contributed by atoms with E-state index < -0.39 is 17.8 Å². The van der Waals surface area contributed by atoms with Crippen LogP contribution in [0, 0.1) is 6.92 Å². The van der Waals surface area contributed by atoms with Gasteiger partial charge in [-0.3, -0.25) is 34.5 Å². The fourth-order valence-electron chi connectivity index (χ4n) is 6.38. The zero-order valence-corrected chi connectivity index (χ0v) is 31.6. The number of rotatable bonds is 18. The number of imidazole rings is 1. The Balaban J connectivity index is 1.34. The summed E-state index contributed by atoms with van der Waals surface area (Å²) in [4.78, 5) is 57.8. The lowest BCUT2D eigenvalue weighted by atomic mass is 10.0. The van der Waals surface area contributed by atoms with Gasteiger partial charge < -0.3 is 34.4 Å². The van der Waals surface area contributed by atoms with Gasteiger partial charge in [0.2, 0.25) is 11.9 Å². The van der Waals surface area contributed by atoms with Crippen molar-refractivity contribution in [1.82, 2.24) is 24.6 Å². The number of Topliss-reactive ketones (excluding diaryl/α,β-unsaturated/α-hetero) is 1. The molecule has 0 spiro atoms. The van der Waals surface area contributed by atoms with E-state index in [4.69, 9.17) is 29.7 Å². The number of primary amides is 1. The molecule has 16 nitrogen and oxygen atoms in total. The highest BCUT2D eigenvalue weighted by Crippen LogP contribution is 2.40. The number of amides is 2. The number of nitrogens with two attached hydrogens (primary N) is 1. The fourth-order valence-corrected chi connectivity index (χ4v) is 7.59. The number of fused-ring (bicyclic) bond motifs is 2. The highest BCUT2D eigenvalue weighted by molar-refractivity contribution is 7.21. The Kier molecular flexibility index (Phi) is 12.4. The molecule has 1 saturated heterocycles. The Bertz CT molecular complexity index is 2250. The van der Waals surface area contributed by atoms with Gasteiger partial charge in [0.05, 0.1) is 56.5 Å². The summed E-state index contributed by atoms with van der Waals surface area (Å²) in [5.74, 6) is -0.878. The molecule has 0 aliphatic carbocycles. The van der Waals surface area contributed by atoms with Crippen LogP contribution >= 0.6 is 11.3 Å². The summed E-state index contributed by atoms with van der Waals surface area (Å²) in [6, 6.07) is 8.37. The maximum absolute atomic E-state index is 13.3. The summed E-state index contributed by atoms with van der Waals surface area (Å²) in [6.07, 6.45) is 4.37. The molecule has 55 heavy (non-hydrogen) atoms. The quantitative estimate of drug-likeness (QED) is 0.0547. The number of carboxylic acid groups (broad SMARTS) is 1. The first kappa shape index (κ1) is 38.9. The van der Waals surface area contributed by atoms with Crippen LogP contribution in [0.1, 0.15) is 61.0 Å². The summed E-state index contributed by atoms with van der Waals surface area (Å²) < 4.78 is 25.3. The minimum Gasteiger partial charge on any atom is -0.493 e. The number of carbonyl (C=O) groups is 4. The summed E-state index contributed by atoms with van der Waals surface area (Å²) in [7, 11) is 3.06. The van der Waals surface area contributed by atoms with E-state index in [1.807, 2.05) is 18.2 Å². The Morgan fingerprint density at radius 3 is 2.49 bits per heavy atom. The number of benzene rings is 2. The minimum absolute atomic E-state index is 0.143. The van der Waals surface area contributed by atoms with Gasteiger partial charge in [-0.15, -0.1) is 11.3 Å². The number of morpholine rings is 1. The average Bonchev–Trinajstić information content (AvgIpc) is 3.88. The first-order valence-electron chi connectivity index (χ1n) is 17.7. The molecule has 0 radical (unpaired) electrons. The number of allylic oxidation sites excluding steroid dienone is 2. The van der Waals surface area contributed by atoms with Gasteiger partial charge in [-0.25, -0.2) is 4.98 Å². The second-order valence-electron chi connectivity index (χ2n) is 12.9. The van der Waals surface area contributed by atoms with Crippen molar-refractivity contribution in [2.45, 2.75) is 39.2 Å². The lowest BCUT2D eigenvalue weighted by Crippen LogP contribution is -2.37. The van der Waals surface area contributed by atoms with E-state index in [0.717, 1.165) is 41.7 Å². The third kappa shape index (κ3) is 9.13. The normalized spacial score (nSPS) is 13.4. The number of aryl methyl sites for hydroxylation is 1. The number of aromatic amines is 1. The van der Waals surface area contributed by atoms with Crippen molar-refractivity contribution in [3.63, 3.8) is 0 Å². The van der Waals surface area contributed by atoms with E-state index in [-0.39, 0.29) is 42.4 Å². The molecule has 0 bridgehead atoms. The Hall–Kier alpha value is -5.78. The van der Waals surface area contributed by atoms with Gasteiger partial charge in [-0.05, 0) is 49.6 Å². The molecule has 1 fully saturated rings. The number of ether oxygens (including phenoxy) is 4. The topological polar surface area (TPSA) is 213 Å². The van der Waals surface area contributed by atoms with Crippen LogP contribution in [-0.4, -0.2) is 107 Å². The molecule has 1 aliphatic heterocycles. The number of nitrogens with one attached hydrogen (secondary N) is 2. The van der Waals surface area contributed by atoms with Crippen LogP contribution in [0.3, 0.4) is 0 Å². The van der Waals surface area contributed by atoms with Crippen LogP contribution in [0.4, 0.5) is 5.95 Å². The maximum Gasteiger partial charge on any atom is 0.303 e. The maximum atomic E-state index is 13.3. The largest absolute Gasteiger partial charge is 0.493 e. The third-order valence-corrected chi connectivity index (χ3v) is 10.4. The fraction of sp³-hybridized carbons (Fsp3) is 0.368. The van der Waals surface area contributed by atoms with E-state index in [2.05, 4.69) is 20.4 Å². The summed E-state index contributed by atoms with van der Waals surface area (Å²) >= 11 is 1.28. The zero-order chi connectivity index (χ0) is 39.1. The van der Waals surface area contributed by atoms with Crippen LogP contribution in [0.25, 0.3) is 21.1 Å². The van der Waals surface area contributed by atoms with Crippen LogP contribution in [0.5, 0.6) is 17.2 Å². The van der Waals surface area contributed by atoms with Crippen molar-refractivity contribution in [2.75, 3.05) is 59.0 Å². The van der Waals surface area contributed by atoms with Crippen LogP contribution in [-0.2, 0) is 22.5 Å². The van der Waals surface area contributed by atoms with Gasteiger partial charge in [0.1, 0.15) is 17.0 Å². The van der Waals surface area contributed by atoms with Gasteiger partial charge in [0, 0.05) is 54.3 Å². The van der Waals surface area contributed by atoms with Crippen LogP contribution in [0.2, 0.25) is 0 Å². The van der Waals surface area contributed by atoms with Crippen LogP contribution in [0.15, 0.2) is 42.5 Å². The smallest absolute Gasteiger partial charge is 0.303 e. The highest BCUT2D eigenvalue weighted by atomic mass is 32.1. The number of carbonyl (C=O) groups excluding carboxylic acids is 3. The van der Waals surface area contributed by atoms with E-state index in [1.54, 1.807) is 35.8 Å². The molecular formula is C38H43N7O9S. The van der Waals surface area contributed by atoms with Gasteiger partial charge in [-0.2, -0.15) is 5.10 Å². The van der Waals surface area contributed by atoms with Crippen molar-refractivity contribution in [2.24, 2.45) is 5.73 Å². The van der Waals surface area contributed by atoms with Crippen molar-refractivity contribution in [3.8, 4) is 17.2 Å². The van der Waals surface area contributed by atoms with E-state index >= 15 is 0 Å². The number of carboxylic acids is 1. The van der Waals surface area contributed by atoms with Gasteiger partial charge >= 0.3 is 5.97 Å². The number of hydrogen-bond donors (Lipinski definition) is 4. The van der Waals surface area contributed by atoms with E-state index in [0.29, 0.717) is 65.1 Å². The predicted octanol–water partition coefficient (Wildman–Crippen LogP) is 4.60. The first-order valence-corrected chi connectivity index (χ1v) is 18.6. The Morgan fingerprint density at radius 1 is 1.04 bits per heavy atom. The number of methoxy groups -OCH3 is 2. The number of hydrogen-bond acceptors (Lipinski definition) is 12. The molecule has 2 aromatic carbocycles. The molecule has 17 heteroatoms. The number of ketones is 1. The zero-order valence-electron chi connectivity index (χ0n) is 30.8. The van der Waals surface area contributed by atoms with Gasteiger partial charge in [0.25, 0.3) is 5.91 Å². The lowest BCUT2D eigenvalue weighted by molar-refractivity contribution is -0.136. The van der Waals surface area contributed by atoms with Crippen molar-refractivity contribution < 1.29 is 43.2 Å². The summed E-state index contributed by atoms with van der Waals surface area (Å²) in [6.45, 7) is 6.20. The van der Waals surface area contributed by atoms with Crippen molar-refractivity contribution in [3.05, 3.63) is 69.9 Å². The number of aliphatic carboxylic acids is 1. The standard InChI is InChI=1S/C38H43N7O9S/c1-22-17-27(43-42-22)37(50)41-38-40-26-18-23(36(39)49)19-31(54-14-6-10-44-12-15-53-16-13-44)34(26)45(38)11-5-4-7-24-25-20-29(51-2)30(52-3)21-32(25)55-35(24)28(46)8-9-33(47)48/h4-5,17-21H,6-16H2,1-3H3,(H2,39,49)(H,42,43)(H,47,48)(H,40,41,50)/b5-4+. The molecule has 0 atom stereocenters. The van der Waals surface area contributed by atoms with Crippen molar-refractivity contribution >= 4 is 62.0 Å². The molecule has 5 N–H and O–H groups in total. The number of nitrogens with zero attached hydrogens (tertiary/aromatic N) is 4. The Morgan fingerprint density at radius 2 is 1.80 bits per heavy atom. The average molecular weight is 774 g/mol. The van der Waals surface area contributed by atoms with E-state index in [1.165, 1.54) is 25.6 Å². The predicted molar refractivity (Wildman–Crippen MR) is 206 cm³/mol. The molecular weight excluding hydrogens is 731 g/mol. The van der Waals surface area contributed by atoms with E-state index in [9.17, 15) is 24.3 Å². The molecule has 5 aromatic rings. The first-order chi connectivity index (χ1) is 26.6.